The predicted octanol–water partition coefficient (Wildman–Crippen LogP) is 0.728. The van der Waals surface area contributed by atoms with Crippen LogP contribution in [0.25, 0.3) is 0 Å². The van der Waals surface area contributed by atoms with Crippen LogP contribution >= 0.6 is 0 Å². The summed E-state index contributed by atoms with van der Waals surface area (Å²) in [5.41, 5.74) is 0. The molecule has 0 bridgehead atoms. The molecule has 0 aromatic rings. The zero-order chi connectivity index (χ0) is 10.2. The Morgan fingerprint density at radius 3 is 1.50 bits per heavy atom. The van der Waals surface area contributed by atoms with Crippen LogP contribution in [0.2, 0.25) is 0 Å². The van der Waals surface area contributed by atoms with Gasteiger partial charge in [-0.05, 0) is 0 Å². The number of hydrogen-bond acceptors (Lipinski definition) is 3. The summed E-state index contributed by atoms with van der Waals surface area (Å²) in [5.74, 6) is 0. The second kappa shape index (κ2) is 3.13. The molecular formula is C3H2F5O3S-. The molecule has 0 radical (unpaired) electrons. The summed E-state index contributed by atoms with van der Waals surface area (Å²) in [7, 11) is -6.05. The molecule has 0 saturated carbocycles. The van der Waals surface area contributed by atoms with Gasteiger partial charge in [0, 0.05) is 0 Å². The van der Waals surface area contributed by atoms with Crippen LogP contribution < -0.4 is 0 Å². The summed E-state index contributed by atoms with van der Waals surface area (Å²) in [4.78, 5) is 0. The molecule has 0 saturated heterocycles. The maximum Gasteiger partial charge on any atom is 0.409 e. The Morgan fingerprint density at radius 1 is 1.17 bits per heavy atom. The zero-order valence-corrected chi connectivity index (χ0v) is 5.99. The van der Waals surface area contributed by atoms with Crippen molar-refractivity contribution in [1.82, 2.24) is 0 Å². The SMILES string of the molecule is O=S(=O)([O-])C(C(F)F)C(F)(F)F. The number of rotatable bonds is 2. The third-order valence-corrected chi connectivity index (χ3v) is 1.96. The van der Waals surface area contributed by atoms with Gasteiger partial charge < -0.3 is 4.55 Å². The van der Waals surface area contributed by atoms with E-state index in [1.165, 1.54) is 0 Å². The lowest BCUT2D eigenvalue weighted by Crippen LogP contribution is -2.42. The van der Waals surface area contributed by atoms with Crippen molar-refractivity contribution in [2.24, 2.45) is 0 Å². The van der Waals surface area contributed by atoms with Crippen LogP contribution in [0.15, 0.2) is 0 Å². The average molecular weight is 213 g/mol. The fourth-order valence-electron chi connectivity index (χ4n) is 0.433. The minimum atomic E-state index is -6.05. The minimum Gasteiger partial charge on any atom is -0.747 e. The fraction of sp³-hybridized carbons (Fsp3) is 1.00. The van der Waals surface area contributed by atoms with E-state index in [1.54, 1.807) is 0 Å². The molecule has 74 valence electrons. The van der Waals surface area contributed by atoms with E-state index in [9.17, 15) is 34.9 Å². The third-order valence-electron chi connectivity index (χ3n) is 0.862. The van der Waals surface area contributed by atoms with Gasteiger partial charge in [-0.2, -0.15) is 13.2 Å². The van der Waals surface area contributed by atoms with Gasteiger partial charge in [-0.15, -0.1) is 0 Å². The van der Waals surface area contributed by atoms with Crippen LogP contribution in [0.5, 0.6) is 0 Å². The van der Waals surface area contributed by atoms with Crippen LogP contribution in [0, 0.1) is 0 Å². The van der Waals surface area contributed by atoms with E-state index < -0.39 is 28.0 Å². The Hall–Kier alpha value is -0.440. The Bertz CT molecular complexity index is 241. The molecule has 0 rings (SSSR count). The second-order valence-electron chi connectivity index (χ2n) is 1.79. The molecule has 0 spiro atoms. The van der Waals surface area contributed by atoms with E-state index in [0.717, 1.165) is 0 Å². The number of alkyl halides is 5. The van der Waals surface area contributed by atoms with Crippen molar-refractivity contribution in [3.05, 3.63) is 0 Å². The standard InChI is InChI=1S/C3H3F5O3S/c4-2(5)1(3(6,7)8)12(9,10)11/h1-2H,(H,9,10,11)/p-1. The van der Waals surface area contributed by atoms with Gasteiger partial charge in [0.15, 0.2) is 0 Å². The van der Waals surface area contributed by atoms with E-state index >= 15 is 0 Å². The fourth-order valence-corrected chi connectivity index (χ4v) is 1.01. The molecule has 0 aliphatic carbocycles. The monoisotopic (exact) mass is 213 g/mol. The molecule has 0 heterocycles. The van der Waals surface area contributed by atoms with Crippen molar-refractivity contribution in [3.8, 4) is 0 Å². The Morgan fingerprint density at radius 2 is 1.50 bits per heavy atom. The maximum atomic E-state index is 11.4. The zero-order valence-electron chi connectivity index (χ0n) is 5.18. The maximum absolute atomic E-state index is 11.4. The van der Waals surface area contributed by atoms with Gasteiger partial charge in [0.25, 0.3) is 6.43 Å². The van der Waals surface area contributed by atoms with Crippen molar-refractivity contribution < 1.29 is 34.9 Å². The molecule has 9 heteroatoms. The first kappa shape index (κ1) is 11.6. The molecule has 0 amide bonds. The van der Waals surface area contributed by atoms with Crippen molar-refractivity contribution >= 4 is 10.1 Å². The van der Waals surface area contributed by atoms with Gasteiger partial charge in [0.2, 0.25) is 5.25 Å². The summed E-state index contributed by atoms with van der Waals surface area (Å²) in [6.45, 7) is 0. The molecule has 0 N–H and O–H groups in total. The minimum absolute atomic E-state index is 4.13. The highest BCUT2D eigenvalue weighted by atomic mass is 32.2. The lowest BCUT2D eigenvalue weighted by molar-refractivity contribution is -0.155. The molecule has 1 atom stereocenters. The number of hydrogen-bond donors (Lipinski definition) is 0. The van der Waals surface area contributed by atoms with Gasteiger partial charge in [-0.25, -0.2) is 17.2 Å². The van der Waals surface area contributed by atoms with Gasteiger partial charge in [-0.1, -0.05) is 0 Å². The van der Waals surface area contributed by atoms with Gasteiger partial charge in [0.05, 0.1) is 0 Å². The smallest absolute Gasteiger partial charge is 0.409 e. The second-order valence-corrected chi connectivity index (χ2v) is 3.28. The topological polar surface area (TPSA) is 57.2 Å². The van der Waals surface area contributed by atoms with Crippen molar-refractivity contribution in [2.45, 2.75) is 17.9 Å². The summed E-state index contributed by atoms with van der Waals surface area (Å²) < 4.78 is 86.0. The first-order valence-electron chi connectivity index (χ1n) is 2.36. The lowest BCUT2D eigenvalue weighted by atomic mass is 10.4. The van der Waals surface area contributed by atoms with Crippen LogP contribution in [0.1, 0.15) is 0 Å². The van der Waals surface area contributed by atoms with E-state index in [1.807, 2.05) is 0 Å². The Kier molecular flexibility index (Phi) is 3.02. The highest BCUT2D eigenvalue weighted by Crippen LogP contribution is 2.29. The molecule has 1 unspecified atom stereocenters. The molecule has 0 aromatic carbocycles. The first-order chi connectivity index (χ1) is 5.07. The third kappa shape index (κ3) is 2.89. The highest BCUT2D eigenvalue weighted by molar-refractivity contribution is 7.86. The van der Waals surface area contributed by atoms with Gasteiger partial charge in [-0.3, -0.25) is 0 Å². The lowest BCUT2D eigenvalue weighted by Gasteiger charge is -2.21. The molecule has 0 fully saturated rings. The molecular weight excluding hydrogens is 211 g/mol. The van der Waals surface area contributed by atoms with E-state index in [4.69, 9.17) is 0 Å². The predicted molar refractivity (Wildman–Crippen MR) is 25.5 cm³/mol. The van der Waals surface area contributed by atoms with E-state index in [0.29, 0.717) is 0 Å². The van der Waals surface area contributed by atoms with Crippen molar-refractivity contribution in [2.75, 3.05) is 0 Å². The van der Waals surface area contributed by atoms with Gasteiger partial charge >= 0.3 is 6.18 Å². The molecule has 12 heavy (non-hydrogen) atoms. The Balaban J connectivity index is 4.97. The Labute approximate surface area is 63.9 Å². The van der Waals surface area contributed by atoms with Gasteiger partial charge in [0.1, 0.15) is 10.1 Å². The van der Waals surface area contributed by atoms with Crippen molar-refractivity contribution in [1.29, 1.82) is 0 Å². The van der Waals surface area contributed by atoms with Crippen LogP contribution in [0.3, 0.4) is 0 Å². The van der Waals surface area contributed by atoms with E-state index in [-0.39, 0.29) is 0 Å². The van der Waals surface area contributed by atoms with Crippen molar-refractivity contribution in [3.63, 3.8) is 0 Å². The number of halogens is 5. The molecule has 0 aliphatic rings. The average Bonchev–Trinajstić information content (AvgIpc) is 1.49. The summed E-state index contributed by atoms with van der Waals surface area (Å²) in [5, 5.41) is -4.13. The summed E-state index contributed by atoms with van der Waals surface area (Å²) in [6, 6.07) is 0. The molecule has 0 aromatic heterocycles. The molecule has 0 aliphatic heterocycles. The van der Waals surface area contributed by atoms with Crippen LogP contribution in [0.4, 0.5) is 22.0 Å². The van der Waals surface area contributed by atoms with Crippen LogP contribution in [-0.4, -0.2) is 30.8 Å². The summed E-state index contributed by atoms with van der Waals surface area (Å²) >= 11 is 0. The summed E-state index contributed by atoms with van der Waals surface area (Å²) in [6.07, 6.45) is -9.98. The highest BCUT2D eigenvalue weighted by Gasteiger charge is 2.50. The largest absolute Gasteiger partial charge is 0.747 e. The quantitative estimate of drug-likeness (QED) is 0.501. The van der Waals surface area contributed by atoms with E-state index in [2.05, 4.69) is 0 Å². The van der Waals surface area contributed by atoms with Crippen LogP contribution in [-0.2, 0) is 10.1 Å². The normalized spacial score (nSPS) is 16.6. The molecule has 3 nitrogen and oxygen atoms in total. The first-order valence-corrected chi connectivity index (χ1v) is 3.83.